The van der Waals surface area contributed by atoms with E-state index >= 15 is 0 Å². The van der Waals surface area contributed by atoms with Crippen LogP contribution in [0, 0.1) is 13.8 Å². The Morgan fingerprint density at radius 3 is 2.40 bits per heavy atom. The number of aromatic carboxylic acids is 1. The molecule has 25 heavy (non-hydrogen) atoms. The van der Waals surface area contributed by atoms with E-state index in [1.165, 1.54) is 30.4 Å². The molecule has 0 saturated carbocycles. The van der Waals surface area contributed by atoms with Crippen molar-refractivity contribution in [3.63, 3.8) is 0 Å². The molecule has 0 unspecified atom stereocenters. The smallest absolute Gasteiger partial charge is 0.335 e. The number of sulfonamides is 1. The molecule has 3 N–H and O–H groups in total. The van der Waals surface area contributed by atoms with Gasteiger partial charge in [-0.2, -0.15) is 0 Å². The van der Waals surface area contributed by atoms with Crippen molar-refractivity contribution in [3.8, 4) is 0 Å². The van der Waals surface area contributed by atoms with E-state index in [1.807, 2.05) is 18.7 Å². The zero-order chi connectivity index (χ0) is 18.8. The van der Waals surface area contributed by atoms with Crippen LogP contribution < -0.4 is 10.3 Å². The SMILES string of the molecule is CCc1sc(C(=O)NNS(=O)(=O)c2cc(C(=O)O)ccc2C)cc1C. The summed E-state index contributed by atoms with van der Waals surface area (Å²) in [5, 5.41) is 9.00. The van der Waals surface area contributed by atoms with Crippen LogP contribution in [0.3, 0.4) is 0 Å². The summed E-state index contributed by atoms with van der Waals surface area (Å²) in [6.07, 6.45) is 0.788. The number of rotatable bonds is 6. The lowest BCUT2D eigenvalue weighted by atomic mass is 10.1. The fraction of sp³-hybridized carbons (Fsp3) is 0.250. The molecule has 1 heterocycles. The highest BCUT2D eigenvalue weighted by Gasteiger charge is 2.21. The van der Waals surface area contributed by atoms with Crippen molar-refractivity contribution in [2.45, 2.75) is 32.1 Å². The Morgan fingerprint density at radius 1 is 1.16 bits per heavy atom. The van der Waals surface area contributed by atoms with Gasteiger partial charge in [0.25, 0.3) is 15.9 Å². The highest BCUT2D eigenvalue weighted by Crippen LogP contribution is 2.22. The number of nitrogens with one attached hydrogen (secondary N) is 2. The molecule has 2 aromatic rings. The minimum Gasteiger partial charge on any atom is -0.478 e. The van der Waals surface area contributed by atoms with Gasteiger partial charge < -0.3 is 5.11 Å². The van der Waals surface area contributed by atoms with Gasteiger partial charge in [0, 0.05) is 4.88 Å². The Balaban J connectivity index is 2.20. The van der Waals surface area contributed by atoms with Crippen LogP contribution in [0.5, 0.6) is 0 Å². The maximum Gasteiger partial charge on any atom is 0.335 e. The van der Waals surface area contributed by atoms with Crippen molar-refractivity contribution in [1.29, 1.82) is 0 Å². The van der Waals surface area contributed by atoms with Gasteiger partial charge in [-0.25, -0.2) is 13.2 Å². The number of carboxylic acids is 1. The lowest BCUT2D eigenvalue weighted by Gasteiger charge is -2.10. The van der Waals surface area contributed by atoms with E-state index in [0.717, 1.165) is 22.9 Å². The Morgan fingerprint density at radius 2 is 1.84 bits per heavy atom. The van der Waals surface area contributed by atoms with Gasteiger partial charge in [-0.1, -0.05) is 13.0 Å². The third-order valence-electron chi connectivity index (χ3n) is 3.59. The summed E-state index contributed by atoms with van der Waals surface area (Å²) in [4.78, 5) is 26.4. The van der Waals surface area contributed by atoms with Gasteiger partial charge >= 0.3 is 5.97 Å². The first-order valence-corrected chi connectivity index (χ1v) is 9.71. The van der Waals surface area contributed by atoms with Crippen molar-refractivity contribution in [2.24, 2.45) is 0 Å². The van der Waals surface area contributed by atoms with E-state index in [4.69, 9.17) is 5.11 Å². The summed E-state index contributed by atoms with van der Waals surface area (Å²) in [6, 6.07) is 5.46. The lowest BCUT2D eigenvalue weighted by molar-refractivity contribution is 0.0696. The highest BCUT2D eigenvalue weighted by molar-refractivity contribution is 7.89. The fourth-order valence-electron chi connectivity index (χ4n) is 2.24. The second kappa shape index (κ2) is 7.34. The van der Waals surface area contributed by atoms with Crippen LogP contribution >= 0.6 is 11.3 Å². The summed E-state index contributed by atoms with van der Waals surface area (Å²) < 4.78 is 24.8. The maximum atomic E-state index is 12.4. The number of carbonyl (C=O) groups is 2. The van der Waals surface area contributed by atoms with Gasteiger partial charge in [0.1, 0.15) is 0 Å². The molecule has 1 amide bonds. The molecule has 0 radical (unpaired) electrons. The second-order valence-electron chi connectivity index (χ2n) is 5.42. The molecule has 0 aliphatic carbocycles. The molecule has 0 saturated heterocycles. The Hall–Kier alpha value is -2.23. The van der Waals surface area contributed by atoms with E-state index in [0.29, 0.717) is 10.4 Å². The number of carboxylic acid groups (broad SMARTS) is 1. The minimum absolute atomic E-state index is 0.154. The molecule has 1 aromatic heterocycles. The summed E-state index contributed by atoms with van der Waals surface area (Å²) in [5.41, 5.74) is 3.36. The van der Waals surface area contributed by atoms with Gasteiger partial charge in [-0.3, -0.25) is 10.2 Å². The molecule has 0 aliphatic heterocycles. The molecule has 134 valence electrons. The zero-order valence-corrected chi connectivity index (χ0v) is 15.5. The molecule has 0 aliphatic rings. The molecule has 1 aromatic carbocycles. The molecule has 0 spiro atoms. The van der Waals surface area contributed by atoms with Crippen LogP contribution in [0.4, 0.5) is 0 Å². The van der Waals surface area contributed by atoms with Crippen LogP contribution in [-0.2, 0) is 16.4 Å². The van der Waals surface area contributed by atoms with E-state index in [2.05, 4.69) is 5.43 Å². The van der Waals surface area contributed by atoms with Gasteiger partial charge in [0.05, 0.1) is 15.3 Å². The number of hydrogen-bond donors (Lipinski definition) is 3. The minimum atomic E-state index is -4.10. The fourth-order valence-corrected chi connectivity index (χ4v) is 4.36. The van der Waals surface area contributed by atoms with Crippen LogP contribution in [0.1, 0.15) is 43.0 Å². The van der Waals surface area contributed by atoms with Gasteiger partial charge in [-0.15, -0.1) is 16.2 Å². The summed E-state index contributed by atoms with van der Waals surface area (Å²) in [5.74, 6) is -1.80. The third kappa shape index (κ3) is 4.25. The number of thiophene rings is 1. The monoisotopic (exact) mass is 382 g/mol. The summed E-state index contributed by atoms with van der Waals surface area (Å²) in [7, 11) is -4.10. The van der Waals surface area contributed by atoms with Crippen molar-refractivity contribution in [2.75, 3.05) is 0 Å². The topological polar surface area (TPSA) is 113 Å². The van der Waals surface area contributed by atoms with Crippen molar-refractivity contribution in [3.05, 3.63) is 50.7 Å². The average molecular weight is 382 g/mol. The van der Waals surface area contributed by atoms with E-state index in [9.17, 15) is 18.0 Å². The quantitative estimate of drug-likeness (QED) is 0.663. The number of amides is 1. The van der Waals surface area contributed by atoms with Gasteiger partial charge in [-0.05, 0) is 49.6 Å². The second-order valence-corrected chi connectivity index (χ2v) is 8.20. The number of hydrazine groups is 1. The molecule has 9 heteroatoms. The Kier molecular flexibility index (Phi) is 5.61. The molecule has 0 fully saturated rings. The lowest BCUT2D eigenvalue weighted by Crippen LogP contribution is -2.41. The molecule has 0 atom stereocenters. The first-order chi connectivity index (χ1) is 11.7. The van der Waals surface area contributed by atoms with Gasteiger partial charge in [0.2, 0.25) is 0 Å². The van der Waals surface area contributed by atoms with E-state index in [-0.39, 0.29) is 10.5 Å². The summed E-state index contributed by atoms with van der Waals surface area (Å²) in [6.45, 7) is 5.40. The molecule has 2 rings (SSSR count). The summed E-state index contributed by atoms with van der Waals surface area (Å²) >= 11 is 1.30. The predicted octanol–water partition coefficient (Wildman–Crippen LogP) is 2.25. The molecule has 0 bridgehead atoms. The van der Waals surface area contributed by atoms with Crippen molar-refractivity contribution < 1.29 is 23.1 Å². The first kappa shape index (κ1) is 19.1. The Bertz CT molecular complexity index is 932. The predicted molar refractivity (Wildman–Crippen MR) is 94.4 cm³/mol. The largest absolute Gasteiger partial charge is 0.478 e. The van der Waals surface area contributed by atoms with E-state index < -0.39 is 21.9 Å². The molecular formula is C16H18N2O5S2. The molecular weight excluding hydrogens is 364 g/mol. The average Bonchev–Trinajstić information content (AvgIpc) is 2.93. The maximum absolute atomic E-state index is 12.4. The van der Waals surface area contributed by atoms with Crippen molar-refractivity contribution in [1.82, 2.24) is 10.3 Å². The first-order valence-electron chi connectivity index (χ1n) is 7.41. The van der Waals surface area contributed by atoms with Crippen LogP contribution in [0.25, 0.3) is 0 Å². The number of carbonyl (C=O) groups excluding carboxylic acids is 1. The highest BCUT2D eigenvalue weighted by atomic mass is 32.2. The van der Waals surface area contributed by atoms with Gasteiger partial charge in [0.15, 0.2) is 0 Å². The third-order valence-corrected chi connectivity index (χ3v) is 6.36. The van der Waals surface area contributed by atoms with Crippen molar-refractivity contribution >= 4 is 33.2 Å². The standard InChI is InChI=1S/C16H18N2O5S2/c1-4-12-10(3)7-13(24-12)15(19)17-18-25(22,23)14-8-11(16(20)21)6-5-9(14)2/h5-8,18H,4H2,1-3H3,(H,17,19)(H,20,21). The number of hydrogen-bond acceptors (Lipinski definition) is 5. The van der Waals surface area contributed by atoms with Crippen LogP contribution in [0.2, 0.25) is 0 Å². The van der Waals surface area contributed by atoms with Crippen LogP contribution in [0.15, 0.2) is 29.2 Å². The van der Waals surface area contributed by atoms with E-state index in [1.54, 1.807) is 6.07 Å². The number of benzene rings is 1. The Labute approximate surface area is 149 Å². The zero-order valence-electron chi connectivity index (χ0n) is 13.9. The molecule has 7 nitrogen and oxygen atoms in total. The number of aryl methyl sites for hydroxylation is 3. The van der Waals surface area contributed by atoms with Crippen LogP contribution in [-0.4, -0.2) is 25.4 Å². The normalized spacial score (nSPS) is 11.3.